The molecule has 0 aromatic heterocycles. The number of benzene rings is 2. The Bertz CT molecular complexity index is 829. The van der Waals surface area contributed by atoms with Gasteiger partial charge in [-0.05, 0) is 43.0 Å². The summed E-state index contributed by atoms with van der Waals surface area (Å²) in [5.41, 5.74) is 2.79. The largest absolute Gasteiger partial charge is 0.336 e. The number of anilines is 1. The lowest BCUT2D eigenvalue weighted by Gasteiger charge is -2.37. The molecule has 0 radical (unpaired) electrons. The highest BCUT2D eigenvalue weighted by Gasteiger charge is 2.28. The zero-order chi connectivity index (χ0) is 20.8. The van der Waals surface area contributed by atoms with Crippen LogP contribution in [0.1, 0.15) is 49.0 Å². The first kappa shape index (κ1) is 21.1. The molecule has 1 aliphatic rings. The van der Waals surface area contributed by atoms with Crippen LogP contribution in [-0.2, 0) is 4.79 Å². The lowest BCUT2D eigenvalue weighted by atomic mass is 9.97. The third-order valence-corrected chi connectivity index (χ3v) is 5.91. The molecular formula is C24H31N3O2. The van der Waals surface area contributed by atoms with Crippen molar-refractivity contribution in [1.82, 2.24) is 9.80 Å². The molecule has 1 saturated heterocycles. The number of carbonyl (C=O) groups excluding carboxylic acids is 2. The summed E-state index contributed by atoms with van der Waals surface area (Å²) in [7, 11) is 0. The Labute approximate surface area is 173 Å². The number of hydrogen-bond donors (Lipinski definition) is 1. The second kappa shape index (κ2) is 9.70. The maximum atomic E-state index is 12.9. The van der Waals surface area contributed by atoms with Gasteiger partial charge < -0.3 is 10.2 Å². The van der Waals surface area contributed by atoms with Gasteiger partial charge in [-0.1, -0.05) is 50.2 Å². The van der Waals surface area contributed by atoms with Gasteiger partial charge in [0.25, 0.3) is 5.91 Å². The first-order chi connectivity index (χ1) is 14.0. The smallest absolute Gasteiger partial charge is 0.253 e. The lowest BCUT2D eigenvalue weighted by molar-refractivity contribution is -0.121. The summed E-state index contributed by atoms with van der Waals surface area (Å²) in [5, 5.41) is 3.12. The van der Waals surface area contributed by atoms with Crippen LogP contribution >= 0.6 is 0 Å². The minimum Gasteiger partial charge on any atom is -0.336 e. The second-order valence-corrected chi connectivity index (χ2v) is 7.76. The molecule has 0 saturated carbocycles. The fourth-order valence-corrected chi connectivity index (χ4v) is 3.74. The fraction of sp³-hybridized carbons (Fsp3) is 0.417. The van der Waals surface area contributed by atoms with E-state index in [-0.39, 0.29) is 17.9 Å². The summed E-state index contributed by atoms with van der Waals surface area (Å²) in [6, 6.07) is 17.2. The molecule has 5 nitrogen and oxygen atoms in total. The summed E-state index contributed by atoms with van der Waals surface area (Å²) in [5.74, 6) is 0.461. The number of hydrogen-bond acceptors (Lipinski definition) is 3. The van der Waals surface area contributed by atoms with E-state index in [2.05, 4.69) is 30.1 Å². The summed E-state index contributed by atoms with van der Waals surface area (Å²) >= 11 is 0. The van der Waals surface area contributed by atoms with Gasteiger partial charge in [-0.25, -0.2) is 0 Å². The molecule has 2 amide bonds. The predicted octanol–water partition coefficient (Wildman–Crippen LogP) is 3.99. The van der Waals surface area contributed by atoms with E-state index < -0.39 is 0 Å². The highest BCUT2D eigenvalue weighted by atomic mass is 16.2. The van der Waals surface area contributed by atoms with Crippen LogP contribution in [0, 0.1) is 0 Å². The van der Waals surface area contributed by atoms with Gasteiger partial charge in [0.2, 0.25) is 5.91 Å². The van der Waals surface area contributed by atoms with Crippen LogP contribution in [0.25, 0.3) is 0 Å². The molecule has 0 spiro atoms. The maximum absolute atomic E-state index is 12.9. The summed E-state index contributed by atoms with van der Waals surface area (Å²) in [6.07, 6.45) is 1.03. The van der Waals surface area contributed by atoms with E-state index in [1.807, 2.05) is 60.4 Å². The zero-order valence-electron chi connectivity index (χ0n) is 17.6. The van der Waals surface area contributed by atoms with Crippen LogP contribution in [0.4, 0.5) is 5.69 Å². The molecule has 2 aromatic carbocycles. The van der Waals surface area contributed by atoms with Crippen molar-refractivity contribution in [1.29, 1.82) is 0 Å². The number of rotatable bonds is 6. The van der Waals surface area contributed by atoms with E-state index in [0.29, 0.717) is 37.7 Å². The van der Waals surface area contributed by atoms with Gasteiger partial charge in [-0.2, -0.15) is 0 Å². The molecule has 0 bridgehead atoms. The quantitative estimate of drug-likeness (QED) is 0.807. The first-order valence-corrected chi connectivity index (χ1v) is 10.5. The van der Waals surface area contributed by atoms with E-state index >= 15 is 0 Å². The predicted molar refractivity (Wildman–Crippen MR) is 117 cm³/mol. The number of nitrogens with one attached hydrogen (secondary N) is 1. The summed E-state index contributed by atoms with van der Waals surface area (Å²) in [6.45, 7) is 8.93. The van der Waals surface area contributed by atoms with Crippen molar-refractivity contribution < 1.29 is 9.59 Å². The van der Waals surface area contributed by atoms with E-state index in [1.165, 1.54) is 5.56 Å². The molecule has 5 heteroatoms. The van der Waals surface area contributed by atoms with Gasteiger partial charge in [-0.3, -0.25) is 14.5 Å². The van der Waals surface area contributed by atoms with Crippen molar-refractivity contribution in [2.45, 2.75) is 39.2 Å². The summed E-state index contributed by atoms with van der Waals surface area (Å²) in [4.78, 5) is 29.5. The highest BCUT2D eigenvalue weighted by molar-refractivity contribution is 5.95. The van der Waals surface area contributed by atoms with Gasteiger partial charge in [0.05, 0.1) is 6.04 Å². The molecule has 1 aliphatic heterocycles. The van der Waals surface area contributed by atoms with Crippen molar-refractivity contribution >= 4 is 17.5 Å². The molecule has 0 unspecified atom stereocenters. The molecule has 1 N–H and O–H groups in total. The molecule has 2 atom stereocenters. The lowest BCUT2D eigenvalue weighted by Crippen LogP contribution is -2.54. The van der Waals surface area contributed by atoms with Gasteiger partial charge in [0.15, 0.2) is 0 Å². The number of amides is 2. The van der Waals surface area contributed by atoms with Gasteiger partial charge in [-0.15, -0.1) is 0 Å². The Hall–Kier alpha value is -2.66. The highest BCUT2D eigenvalue weighted by Crippen LogP contribution is 2.26. The second-order valence-electron chi connectivity index (χ2n) is 7.76. The van der Waals surface area contributed by atoms with Crippen molar-refractivity contribution in [2.24, 2.45) is 0 Å². The van der Waals surface area contributed by atoms with E-state index in [0.717, 1.165) is 12.1 Å². The van der Waals surface area contributed by atoms with Crippen molar-refractivity contribution in [3.63, 3.8) is 0 Å². The van der Waals surface area contributed by atoms with Crippen LogP contribution in [-0.4, -0.2) is 53.8 Å². The Balaban J connectivity index is 1.57. The Morgan fingerprint density at radius 3 is 2.21 bits per heavy atom. The maximum Gasteiger partial charge on any atom is 0.253 e. The van der Waals surface area contributed by atoms with Crippen LogP contribution in [0.3, 0.4) is 0 Å². The van der Waals surface area contributed by atoms with Crippen LogP contribution in [0.2, 0.25) is 0 Å². The number of carbonyl (C=O) groups is 2. The summed E-state index contributed by atoms with van der Waals surface area (Å²) < 4.78 is 0. The first-order valence-electron chi connectivity index (χ1n) is 10.5. The Morgan fingerprint density at radius 1 is 0.931 bits per heavy atom. The molecule has 3 rings (SSSR count). The molecule has 2 aromatic rings. The number of nitrogens with zero attached hydrogens (tertiary/aromatic N) is 2. The monoisotopic (exact) mass is 393 g/mol. The standard InChI is InChI=1S/C24H31N3O2/c1-4-18(2)21-12-8-9-13-22(21)25-23(28)19(3)26-14-16-27(17-15-26)24(29)20-10-6-5-7-11-20/h5-13,18-19H,4,14-17H2,1-3H3,(H,25,28)/t18-,19-/m0/s1. The van der Waals surface area contributed by atoms with Gasteiger partial charge in [0, 0.05) is 37.4 Å². The molecule has 1 fully saturated rings. The van der Waals surface area contributed by atoms with Crippen molar-refractivity contribution in [2.75, 3.05) is 31.5 Å². The zero-order valence-corrected chi connectivity index (χ0v) is 17.6. The van der Waals surface area contributed by atoms with E-state index in [4.69, 9.17) is 0 Å². The van der Waals surface area contributed by atoms with Gasteiger partial charge >= 0.3 is 0 Å². The molecule has 154 valence electrons. The third kappa shape index (κ3) is 5.04. The van der Waals surface area contributed by atoms with Gasteiger partial charge in [0.1, 0.15) is 0 Å². The average molecular weight is 394 g/mol. The molecule has 29 heavy (non-hydrogen) atoms. The molecule has 1 heterocycles. The molecular weight excluding hydrogens is 362 g/mol. The molecule has 0 aliphatic carbocycles. The van der Waals surface area contributed by atoms with Crippen molar-refractivity contribution in [3.8, 4) is 0 Å². The Morgan fingerprint density at radius 2 is 1.55 bits per heavy atom. The van der Waals surface area contributed by atoms with Crippen LogP contribution < -0.4 is 5.32 Å². The SMILES string of the molecule is CC[C@H](C)c1ccccc1NC(=O)[C@H](C)N1CCN(C(=O)c2ccccc2)CC1. The number of piperazine rings is 1. The minimum absolute atomic E-state index is 0.00332. The van der Waals surface area contributed by atoms with E-state index in [9.17, 15) is 9.59 Å². The topological polar surface area (TPSA) is 52.7 Å². The minimum atomic E-state index is -0.242. The van der Waals surface area contributed by atoms with Crippen molar-refractivity contribution in [3.05, 3.63) is 65.7 Å². The van der Waals surface area contributed by atoms with Crippen LogP contribution in [0.5, 0.6) is 0 Å². The average Bonchev–Trinajstić information content (AvgIpc) is 2.78. The fourth-order valence-electron chi connectivity index (χ4n) is 3.74. The van der Waals surface area contributed by atoms with Crippen LogP contribution in [0.15, 0.2) is 54.6 Å². The normalized spacial score (nSPS) is 16.9. The Kier molecular flexibility index (Phi) is 7.04. The number of para-hydroxylation sites is 1. The third-order valence-electron chi connectivity index (χ3n) is 5.91. The van der Waals surface area contributed by atoms with E-state index in [1.54, 1.807) is 0 Å².